The molecule has 8 heteroatoms. The molecule has 6 rings (SSSR count). The van der Waals surface area contributed by atoms with E-state index < -0.39 is 0 Å². The Bertz CT molecular complexity index is 2020. The van der Waals surface area contributed by atoms with Crippen LogP contribution in [0.4, 0.5) is 0 Å². The van der Waals surface area contributed by atoms with Crippen molar-refractivity contribution in [2.45, 2.75) is 41.5 Å². The Morgan fingerprint density at radius 1 is 0.600 bits per heavy atom. The van der Waals surface area contributed by atoms with E-state index in [0.29, 0.717) is 0 Å². The van der Waals surface area contributed by atoms with Crippen molar-refractivity contribution in [1.82, 2.24) is 9.97 Å². The summed E-state index contributed by atoms with van der Waals surface area (Å²) in [6.07, 6.45) is 2.33. The molecule has 0 spiro atoms. The van der Waals surface area contributed by atoms with Crippen LogP contribution in [0.1, 0.15) is 38.8 Å². The Balaban J connectivity index is 0.000000358. The number of hydrogen-bond acceptors (Lipinski definition) is 6. The number of ketones is 2. The number of aromatic nitrogens is 2. The van der Waals surface area contributed by atoms with Crippen molar-refractivity contribution >= 4 is 33.4 Å². The van der Waals surface area contributed by atoms with E-state index in [-0.39, 0.29) is 63.3 Å². The van der Waals surface area contributed by atoms with E-state index in [1.54, 1.807) is 0 Å². The normalized spacial score (nSPS) is 10.4. The first kappa shape index (κ1) is 43.4. The van der Waals surface area contributed by atoms with Gasteiger partial charge in [-0.2, -0.15) is 0 Å². The largest absolute Gasteiger partial charge is 0.512 e. The minimum Gasteiger partial charge on any atom is -0.512 e. The summed E-state index contributed by atoms with van der Waals surface area (Å²) >= 11 is 0. The standard InChI is InChI=1S/2C16H12N.2C5H8O2.2Ir/c1-12-5-4-7-14(11-12)16-10-9-13-6-2-3-8-15(13)17-16;1-12-11-14-9-5-6-10-15(14)17-16(12)13-7-3-2-4-8-13;2*1-4(6)3-5(2)7;;/h2-6,8-11H,1H3;2-7,9-11H,1H3;2*3,6H,1-2H3;;/q2*-1;;;;. The van der Waals surface area contributed by atoms with Crippen LogP contribution in [0.2, 0.25) is 0 Å². The molecule has 0 unspecified atom stereocenters. The Morgan fingerprint density at radius 2 is 1.14 bits per heavy atom. The van der Waals surface area contributed by atoms with Gasteiger partial charge in [0.25, 0.3) is 0 Å². The molecule has 0 atom stereocenters. The zero-order chi connectivity index (χ0) is 35.1. The van der Waals surface area contributed by atoms with Crippen LogP contribution in [-0.2, 0) is 49.8 Å². The summed E-state index contributed by atoms with van der Waals surface area (Å²) in [6, 6.07) is 43.2. The molecule has 0 aliphatic carbocycles. The second kappa shape index (κ2) is 22.2. The van der Waals surface area contributed by atoms with Crippen molar-refractivity contribution in [3.05, 3.63) is 156 Å². The fraction of sp³-hybridized carbons (Fsp3) is 0.143. The van der Waals surface area contributed by atoms with Crippen LogP contribution in [-0.4, -0.2) is 31.7 Å². The van der Waals surface area contributed by atoms with Crippen LogP contribution in [0, 0.1) is 26.0 Å². The zero-order valence-corrected chi connectivity index (χ0v) is 33.6. The van der Waals surface area contributed by atoms with Crippen LogP contribution in [0.15, 0.2) is 133 Å². The van der Waals surface area contributed by atoms with Crippen molar-refractivity contribution in [2.75, 3.05) is 0 Å². The summed E-state index contributed by atoms with van der Waals surface area (Å²) in [5.41, 5.74) is 8.58. The van der Waals surface area contributed by atoms with Crippen LogP contribution >= 0.6 is 0 Å². The monoisotopic (exact) mass is 1020 g/mol. The molecule has 6 aromatic rings. The van der Waals surface area contributed by atoms with Gasteiger partial charge in [-0.1, -0.05) is 67.1 Å². The molecule has 2 aromatic heterocycles. The molecular weight excluding hydrogens is 981 g/mol. The Kier molecular flexibility index (Phi) is 19.3. The maximum Gasteiger partial charge on any atom is 0.155 e. The van der Waals surface area contributed by atoms with Crippen LogP contribution in [0.5, 0.6) is 0 Å². The van der Waals surface area contributed by atoms with Crippen molar-refractivity contribution < 1.29 is 60.0 Å². The van der Waals surface area contributed by atoms with Crippen LogP contribution in [0.3, 0.4) is 0 Å². The van der Waals surface area contributed by atoms with E-state index in [4.69, 9.17) is 15.2 Å². The summed E-state index contributed by atoms with van der Waals surface area (Å²) in [4.78, 5) is 29.4. The smallest absolute Gasteiger partial charge is 0.155 e. The van der Waals surface area contributed by atoms with Gasteiger partial charge in [-0.05, 0) is 68.9 Å². The SMILES string of the molecule is CC(=O)C=C(C)O.CC(=O)C=C(C)O.Cc1cc2ccccc2nc1-c1[c-]cccc1.Cc1cc[c-]c(-c2ccc3ccccc3n2)c1.[Ir].[Ir]. The number of pyridine rings is 2. The number of allylic oxidation sites excluding steroid dienone is 4. The molecule has 2 heterocycles. The zero-order valence-electron chi connectivity index (χ0n) is 28.8. The molecule has 0 aliphatic heterocycles. The molecule has 50 heavy (non-hydrogen) atoms. The summed E-state index contributed by atoms with van der Waals surface area (Å²) < 4.78 is 0. The van der Waals surface area contributed by atoms with Crippen molar-refractivity contribution in [3.63, 3.8) is 0 Å². The molecule has 6 nitrogen and oxygen atoms in total. The van der Waals surface area contributed by atoms with Crippen molar-refractivity contribution in [3.8, 4) is 22.5 Å². The average molecular weight is 1020 g/mol. The molecule has 0 bridgehead atoms. The maximum absolute atomic E-state index is 10.0. The first-order valence-corrected chi connectivity index (χ1v) is 15.4. The van der Waals surface area contributed by atoms with Gasteiger partial charge in [-0.15, -0.1) is 71.3 Å². The number of carbonyl (C=O) groups is 2. The van der Waals surface area contributed by atoms with Gasteiger partial charge >= 0.3 is 0 Å². The molecule has 262 valence electrons. The quantitative estimate of drug-likeness (QED) is 0.104. The predicted molar refractivity (Wildman–Crippen MR) is 196 cm³/mol. The van der Waals surface area contributed by atoms with E-state index in [9.17, 15) is 9.59 Å². The predicted octanol–water partition coefficient (Wildman–Crippen LogP) is 10.1. The maximum atomic E-state index is 10.0. The number of aryl methyl sites for hydroxylation is 2. The average Bonchev–Trinajstić information content (AvgIpc) is 3.04. The van der Waals surface area contributed by atoms with E-state index >= 15 is 0 Å². The first-order chi connectivity index (χ1) is 22.9. The molecule has 0 amide bonds. The second-order valence-electron chi connectivity index (χ2n) is 11.1. The molecule has 0 saturated heterocycles. The molecule has 2 radical (unpaired) electrons. The summed E-state index contributed by atoms with van der Waals surface area (Å²) in [6.45, 7) is 9.87. The summed E-state index contributed by atoms with van der Waals surface area (Å²) in [5, 5.41) is 19.1. The van der Waals surface area contributed by atoms with Crippen LogP contribution < -0.4 is 0 Å². The number of rotatable bonds is 4. The van der Waals surface area contributed by atoms with Crippen molar-refractivity contribution in [1.29, 1.82) is 0 Å². The molecule has 2 N–H and O–H groups in total. The van der Waals surface area contributed by atoms with Gasteiger partial charge in [0.05, 0.1) is 22.6 Å². The van der Waals surface area contributed by atoms with E-state index in [1.165, 1.54) is 61.7 Å². The van der Waals surface area contributed by atoms with E-state index in [0.717, 1.165) is 33.5 Å². The second-order valence-corrected chi connectivity index (χ2v) is 11.1. The summed E-state index contributed by atoms with van der Waals surface area (Å²) in [5.74, 6) is -0.125. The van der Waals surface area contributed by atoms with Gasteiger partial charge in [0.2, 0.25) is 0 Å². The molecule has 0 saturated carbocycles. The number of hydrogen-bond donors (Lipinski definition) is 2. The van der Waals surface area contributed by atoms with Gasteiger partial charge < -0.3 is 10.2 Å². The van der Waals surface area contributed by atoms with Gasteiger partial charge in [-0.3, -0.25) is 19.6 Å². The van der Waals surface area contributed by atoms with Gasteiger partial charge in [-0.25, -0.2) is 0 Å². The number of nitrogens with zero attached hydrogens (tertiary/aromatic N) is 2. The fourth-order valence-electron chi connectivity index (χ4n) is 4.57. The van der Waals surface area contributed by atoms with E-state index in [1.807, 2.05) is 78.9 Å². The summed E-state index contributed by atoms with van der Waals surface area (Å²) in [7, 11) is 0. The topological polar surface area (TPSA) is 100 Å². The molecule has 0 aliphatic rings. The number of benzene rings is 4. The minimum atomic E-state index is -0.125. The Labute approximate surface area is 321 Å². The minimum absolute atomic E-state index is 0. The van der Waals surface area contributed by atoms with Gasteiger partial charge in [0.1, 0.15) is 0 Å². The molecular formula is C42H40Ir2N2O4-2. The van der Waals surface area contributed by atoms with Gasteiger partial charge in [0, 0.05) is 52.4 Å². The Morgan fingerprint density at radius 3 is 1.66 bits per heavy atom. The fourth-order valence-corrected chi connectivity index (χ4v) is 4.57. The molecule has 4 aromatic carbocycles. The number of para-hydroxylation sites is 2. The number of fused-ring (bicyclic) bond motifs is 2. The third kappa shape index (κ3) is 14.9. The van der Waals surface area contributed by atoms with Gasteiger partial charge in [0.15, 0.2) is 11.6 Å². The third-order valence-electron chi connectivity index (χ3n) is 6.53. The van der Waals surface area contributed by atoms with Crippen LogP contribution in [0.25, 0.3) is 44.3 Å². The number of aliphatic hydroxyl groups is 2. The number of aliphatic hydroxyl groups excluding tert-OH is 2. The molecule has 0 fully saturated rings. The third-order valence-corrected chi connectivity index (χ3v) is 6.53. The Hall–Kier alpha value is -4.58. The first-order valence-electron chi connectivity index (χ1n) is 15.4. The number of carbonyl (C=O) groups excluding carboxylic acids is 2. The van der Waals surface area contributed by atoms with E-state index in [2.05, 4.69) is 61.3 Å². The van der Waals surface area contributed by atoms with Crippen molar-refractivity contribution in [2.24, 2.45) is 0 Å².